The average molecular weight is 189 g/mol. The number of nitrogens with zero attached hydrogens (tertiary/aromatic N) is 1. The highest BCUT2D eigenvalue weighted by atomic mass is 16.4. The SMILES string of the molecule is Cc1cccc2ccc(CC(=O)O)n12. The van der Waals surface area contributed by atoms with Crippen molar-refractivity contribution in [3.8, 4) is 0 Å². The molecule has 3 heteroatoms. The lowest BCUT2D eigenvalue weighted by Crippen LogP contribution is -2.04. The highest BCUT2D eigenvalue weighted by Gasteiger charge is 2.06. The van der Waals surface area contributed by atoms with Crippen LogP contribution in [0.5, 0.6) is 0 Å². The van der Waals surface area contributed by atoms with E-state index in [0.29, 0.717) is 0 Å². The van der Waals surface area contributed by atoms with Gasteiger partial charge in [-0.05, 0) is 31.2 Å². The van der Waals surface area contributed by atoms with E-state index in [1.54, 1.807) is 0 Å². The van der Waals surface area contributed by atoms with E-state index in [1.807, 2.05) is 41.7 Å². The lowest BCUT2D eigenvalue weighted by Gasteiger charge is -2.04. The van der Waals surface area contributed by atoms with Gasteiger partial charge in [-0.15, -0.1) is 0 Å². The lowest BCUT2D eigenvalue weighted by atomic mass is 10.3. The van der Waals surface area contributed by atoms with Crippen LogP contribution in [0.1, 0.15) is 11.4 Å². The third-order valence-electron chi connectivity index (χ3n) is 2.28. The first-order valence-electron chi connectivity index (χ1n) is 4.46. The fourth-order valence-electron chi connectivity index (χ4n) is 1.71. The van der Waals surface area contributed by atoms with Crippen LogP contribution in [0.25, 0.3) is 5.52 Å². The Morgan fingerprint density at radius 3 is 2.86 bits per heavy atom. The predicted molar refractivity (Wildman–Crippen MR) is 53.5 cm³/mol. The highest BCUT2D eigenvalue weighted by molar-refractivity contribution is 5.70. The summed E-state index contributed by atoms with van der Waals surface area (Å²) in [4.78, 5) is 10.6. The fraction of sp³-hybridized carbons (Fsp3) is 0.182. The number of aryl methyl sites for hydroxylation is 1. The van der Waals surface area contributed by atoms with Crippen molar-refractivity contribution in [1.82, 2.24) is 4.40 Å². The number of carboxylic acid groups (broad SMARTS) is 1. The van der Waals surface area contributed by atoms with Crippen LogP contribution in [-0.4, -0.2) is 15.5 Å². The first kappa shape index (κ1) is 8.81. The number of aromatic nitrogens is 1. The van der Waals surface area contributed by atoms with E-state index in [9.17, 15) is 4.79 Å². The minimum absolute atomic E-state index is 0.0685. The van der Waals surface area contributed by atoms with Crippen molar-refractivity contribution >= 4 is 11.5 Å². The van der Waals surface area contributed by atoms with Gasteiger partial charge in [-0.3, -0.25) is 4.79 Å². The first-order valence-corrected chi connectivity index (χ1v) is 4.46. The number of fused-ring (bicyclic) bond motifs is 1. The Morgan fingerprint density at radius 2 is 2.14 bits per heavy atom. The van der Waals surface area contributed by atoms with Crippen LogP contribution in [0.15, 0.2) is 30.3 Å². The van der Waals surface area contributed by atoms with Gasteiger partial charge in [0.1, 0.15) is 0 Å². The molecule has 0 aromatic carbocycles. The second-order valence-corrected chi connectivity index (χ2v) is 3.32. The molecule has 0 unspecified atom stereocenters. The van der Waals surface area contributed by atoms with E-state index in [2.05, 4.69) is 0 Å². The second-order valence-electron chi connectivity index (χ2n) is 3.32. The monoisotopic (exact) mass is 189 g/mol. The van der Waals surface area contributed by atoms with Gasteiger partial charge in [-0.1, -0.05) is 6.07 Å². The summed E-state index contributed by atoms with van der Waals surface area (Å²) >= 11 is 0. The molecule has 1 N–H and O–H groups in total. The average Bonchev–Trinajstić information content (AvgIpc) is 2.49. The molecule has 2 aromatic rings. The number of carbonyl (C=O) groups is 1. The first-order chi connectivity index (χ1) is 6.68. The van der Waals surface area contributed by atoms with Crippen molar-refractivity contribution < 1.29 is 9.90 Å². The minimum atomic E-state index is -0.798. The van der Waals surface area contributed by atoms with E-state index in [1.165, 1.54) is 0 Å². The second kappa shape index (κ2) is 3.18. The zero-order chi connectivity index (χ0) is 10.1. The van der Waals surface area contributed by atoms with E-state index >= 15 is 0 Å². The van der Waals surface area contributed by atoms with Gasteiger partial charge >= 0.3 is 5.97 Å². The molecule has 14 heavy (non-hydrogen) atoms. The van der Waals surface area contributed by atoms with Gasteiger partial charge in [0, 0.05) is 16.9 Å². The zero-order valence-corrected chi connectivity index (χ0v) is 7.90. The molecule has 0 spiro atoms. The van der Waals surface area contributed by atoms with Gasteiger partial charge in [0.05, 0.1) is 6.42 Å². The molecule has 0 aliphatic rings. The molecule has 72 valence electrons. The number of carboxylic acids is 1. The van der Waals surface area contributed by atoms with Gasteiger partial charge < -0.3 is 9.51 Å². The van der Waals surface area contributed by atoms with Crippen molar-refractivity contribution in [2.24, 2.45) is 0 Å². The number of pyridine rings is 1. The number of rotatable bonds is 2. The summed E-state index contributed by atoms with van der Waals surface area (Å²) in [6, 6.07) is 9.70. The third-order valence-corrected chi connectivity index (χ3v) is 2.28. The Hall–Kier alpha value is -1.77. The summed E-state index contributed by atoms with van der Waals surface area (Å²) in [5, 5.41) is 8.72. The molecule has 0 saturated heterocycles. The zero-order valence-electron chi connectivity index (χ0n) is 7.90. The molecule has 2 rings (SSSR count). The van der Waals surface area contributed by atoms with Crippen LogP contribution < -0.4 is 0 Å². The quantitative estimate of drug-likeness (QED) is 0.783. The number of hydrogen-bond acceptors (Lipinski definition) is 1. The smallest absolute Gasteiger partial charge is 0.309 e. The minimum Gasteiger partial charge on any atom is -0.481 e. The molecule has 0 atom stereocenters. The number of aliphatic carboxylic acids is 1. The lowest BCUT2D eigenvalue weighted by molar-refractivity contribution is -0.136. The standard InChI is InChI=1S/C11H11NO2/c1-8-3-2-4-9-5-6-10(12(8)9)7-11(13)14/h2-6H,7H2,1H3,(H,13,14). The Kier molecular flexibility index (Phi) is 2.00. The van der Waals surface area contributed by atoms with Gasteiger partial charge in [-0.25, -0.2) is 0 Å². The largest absolute Gasteiger partial charge is 0.481 e. The maximum absolute atomic E-state index is 10.6. The summed E-state index contributed by atoms with van der Waals surface area (Å²) in [6.45, 7) is 1.97. The molecular formula is C11H11NO2. The fourth-order valence-corrected chi connectivity index (χ4v) is 1.71. The maximum atomic E-state index is 10.6. The summed E-state index contributed by atoms with van der Waals surface area (Å²) in [6.07, 6.45) is 0.0685. The van der Waals surface area contributed by atoms with Crippen LogP contribution in [0.2, 0.25) is 0 Å². The Balaban J connectivity index is 2.61. The van der Waals surface area contributed by atoms with Gasteiger partial charge in [-0.2, -0.15) is 0 Å². The van der Waals surface area contributed by atoms with Crippen LogP contribution in [0.4, 0.5) is 0 Å². The Morgan fingerprint density at radius 1 is 1.36 bits per heavy atom. The summed E-state index contributed by atoms with van der Waals surface area (Å²) < 4.78 is 1.97. The molecule has 0 saturated carbocycles. The van der Waals surface area contributed by atoms with Crippen LogP contribution in [-0.2, 0) is 11.2 Å². The highest BCUT2D eigenvalue weighted by Crippen LogP contribution is 2.13. The summed E-state index contributed by atoms with van der Waals surface area (Å²) in [5.41, 5.74) is 2.93. The van der Waals surface area contributed by atoms with Crippen LogP contribution in [0.3, 0.4) is 0 Å². The van der Waals surface area contributed by atoms with Crippen LogP contribution >= 0.6 is 0 Å². The molecule has 0 aliphatic carbocycles. The van der Waals surface area contributed by atoms with E-state index < -0.39 is 5.97 Å². The molecular weight excluding hydrogens is 178 g/mol. The van der Waals surface area contributed by atoms with Gasteiger partial charge in [0.2, 0.25) is 0 Å². The van der Waals surface area contributed by atoms with Crippen molar-refractivity contribution in [3.63, 3.8) is 0 Å². The van der Waals surface area contributed by atoms with Crippen molar-refractivity contribution in [2.45, 2.75) is 13.3 Å². The topological polar surface area (TPSA) is 41.7 Å². The summed E-state index contributed by atoms with van der Waals surface area (Å²) in [5.74, 6) is -0.798. The third kappa shape index (κ3) is 1.37. The molecule has 2 heterocycles. The predicted octanol–water partition coefficient (Wildman–Crippen LogP) is 1.87. The normalized spacial score (nSPS) is 10.6. The Labute approximate surface area is 81.6 Å². The molecule has 0 fully saturated rings. The van der Waals surface area contributed by atoms with Crippen molar-refractivity contribution in [1.29, 1.82) is 0 Å². The molecule has 0 bridgehead atoms. The maximum Gasteiger partial charge on any atom is 0.309 e. The summed E-state index contributed by atoms with van der Waals surface area (Å²) in [7, 11) is 0. The molecule has 0 radical (unpaired) electrons. The Bertz CT molecular complexity index is 485. The molecule has 2 aromatic heterocycles. The van der Waals surface area contributed by atoms with Crippen molar-refractivity contribution in [3.05, 3.63) is 41.7 Å². The van der Waals surface area contributed by atoms with E-state index in [0.717, 1.165) is 16.9 Å². The molecule has 3 nitrogen and oxygen atoms in total. The van der Waals surface area contributed by atoms with Crippen LogP contribution in [0, 0.1) is 6.92 Å². The van der Waals surface area contributed by atoms with E-state index in [-0.39, 0.29) is 6.42 Å². The van der Waals surface area contributed by atoms with Gasteiger partial charge in [0.25, 0.3) is 0 Å². The molecule has 0 aliphatic heterocycles. The van der Waals surface area contributed by atoms with Gasteiger partial charge in [0.15, 0.2) is 0 Å². The molecule has 0 amide bonds. The van der Waals surface area contributed by atoms with Crippen molar-refractivity contribution in [2.75, 3.05) is 0 Å². The van der Waals surface area contributed by atoms with E-state index in [4.69, 9.17) is 5.11 Å². The number of hydrogen-bond donors (Lipinski definition) is 1.